The smallest absolute Gasteiger partial charge is 0.241 e. The standard InChI is InChI=1S/C11H18N2O4/c12-10(16)6-4-8(14)2-1-3-9(15)5-7-11(13)17/h4-9,14-15H,1-3H2,(H2,12,16)(H2,13,17)/b6-4-,7-5-. The van der Waals surface area contributed by atoms with Crippen LogP contribution in [0.2, 0.25) is 0 Å². The first-order valence-corrected chi connectivity index (χ1v) is 5.23. The van der Waals surface area contributed by atoms with Crippen LogP contribution >= 0.6 is 0 Å². The summed E-state index contributed by atoms with van der Waals surface area (Å²) in [5.41, 5.74) is 9.71. The summed E-state index contributed by atoms with van der Waals surface area (Å²) in [6.07, 6.45) is 4.57. The number of carbonyl (C=O) groups excluding carboxylic acids is 2. The molecule has 0 aromatic carbocycles. The molecule has 0 saturated carbocycles. The number of primary amides is 2. The summed E-state index contributed by atoms with van der Waals surface area (Å²) in [6.45, 7) is 0. The Balaban J connectivity index is 3.76. The van der Waals surface area contributed by atoms with E-state index < -0.39 is 24.0 Å². The average molecular weight is 242 g/mol. The van der Waals surface area contributed by atoms with E-state index in [0.717, 1.165) is 12.2 Å². The molecule has 6 heteroatoms. The van der Waals surface area contributed by atoms with Gasteiger partial charge in [0.05, 0.1) is 12.2 Å². The van der Waals surface area contributed by atoms with Crippen molar-refractivity contribution in [1.82, 2.24) is 0 Å². The van der Waals surface area contributed by atoms with Gasteiger partial charge < -0.3 is 21.7 Å². The minimum atomic E-state index is -0.769. The molecule has 96 valence electrons. The minimum Gasteiger partial charge on any atom is -0.389 e. The molecule has 0 aliphatic heterocycles. The second kappa shape index (κ2) is 8.49. The van der Waals surface area contributed by atoms with Gasteiger partial charge in [-0.1, -0.05) is 12.2 Å². The quantitative estimate of drug-likeness (QED) is 0.405. The molecule has 0 saturated heterocycles. The molecule has 0 aliphatic carbocycles. The van der Waals surface area contributed by atoms with Crippen LogP contribution in [0.4, 0.5) is 0 Å². The molecule has 0 aliphatic rings. The van der Waals surface area contributed by atoms with Crippen molar-refractivity contribution in [2.45, 2.75) is 31.5 Å². The van der Waals surface area contributed by atoms with Gasteiger partial charge in [0.2, 0.25) is 11.8 Å². The molecule has 0 rings (SSSR count). The molecule has 0 bridgehead atoms. The maximum absolute atomic E-state index is 10.4. The number of hydrogen-bond acceptors (Lipinski definition) is 4. The van der Waals surface area contributed by atoms with Crippen molar-refractivity contribution in [1.29, 1.82) is 0 Å². The molecule has 0 radical (unpaired) electrons. The summed E-state index contributed by atoms with van der Waals surface area (Å²) < 4.78 is 0. The summed E-state index contributed by atoms with van der Waals surface area (Å²) in [4.78, 5) is 20.7. The van der Waals surface area contributed by atoms with E-state index in [1.807, 2.05) is 0 Å². The lowest BCUT2D eigenvalue weighted by atomic mass is 10.1. The van der Waals surface area contributed by atoms with Gasteiger partial charge in [-0.15, -0.1) is 0 Å². The Hall–Kier alpha value is -1.66. The summed E-state index contributed by atoms with van der Waals surface area (Å²) in [7, 11) is 0. The molecule has 6 N–H and O–H groups in total. The van der Waals surface area contributed by atoms with E-state index in [9.17, 15) is 19.8 Å². The third kappa shape index (κ3) is 10.6. The van der Waals surface area contributed by atoms with Crippen molar-refractivity contribution in [2.75, 3.05) is 0 Å². The molecule has 2 atom stereocenters. The molecule has 0 aromatic rings. The van der Waals surface area contributed by atoms with Gasteiger partial charge >= 0.3 is 0 Å². The molecule has 0 aromatic heterocycles. The number of carbonyl (C=O) groups is 2. The van der Waals surface area contributed by atoms with E-state index in [1.54, 1.807) is 0 Å². The van der Waals surface area contributed by atoms with Gasteiger partial charge in [-0.05, 0) is 19.3 Å². The molecular weight excluding hydrogens is 224 g/mol. The number of hydrogen-bond donors (Lipinski definition) is 4. The highest BCUT2D eigenvalue weighted by Crippen LogP contribution is 2.06. The van der Waals surface area contributed by atoms with Gasteiger partial charge in [-0.2, -0.15) is 0 Å². The van der Waals surface area contributed by atoms with Crippen molar-refractivity contribution >= 4 is 11.8 Å². The fourth-order valence-corrected chi connectivity index (χ4v) is 1.14. The Kier molecular flexibility index (Phi) is 7.66. The van der Waals surface area contributed by atoms with E-state index in [1.165, 1.54) is 12.2 Å². The fourth-order valence-electron chi connectivity index (χ4n) is 1.14. The molecule has 0 heterocycles. The second-order valence-electron chi connectivity index (χ2n) is 3.59. The first-order chi connectivity index (χ1) is 7.91. The molecule has 0 spiro atoms. The first kappa shape index (κ1) is 15.3. The summed E-state index contributed by atoms with van der Waals surface area (Å²) in [5.74, 6) is -1.23. The van der Waals surface area contributed by atoms with Gasteiger partial charge in [0, 0.05) is 12.2 Å². The number of aliphatic hydroxyl groups excluding tert-OH is 2. The fraction of sp³-hybridized carbons (Fsp3) is 0.455. The lowest BCUT2D eigenvalue weighted by Crippen LogP contribution is -2.11. The van der Waals surface area contributed by atoms with E-state index in [2.05, 4.69) is 0 Å². The molecule has 2 unspecified atom stereocenters. The number of amides is 2. The zero-order chi connectivity index (χ0) is 13.3. The summed E-state index contributed by atoms with van der Waals surface area (Å²) >= 11 is 0. The Bertz CT molecular complexity index is 283. The van der Waals surface area contributed by atoms with Crippen molar-refractivity contribution in [3.05, 3.63) is 24.3 Å². The van der Waals surface area contributed by atoms with E-state index in [-0.39, 0.29) is 0 Å². The summed E-state index contributed by atoms with van der Waals surface area (Å²) in [6, 6.07) is 0. The number of aliphatic hydroxyl groups is 2. The Morgan fingerprint density at radius 3 is 1.59 bits per heavy atom. The van der Waals surface area contributed by atoms with Gasteiger partial charge in [0.25, 0.3) is 0 Å². The number of rotatable bonds is 8. The molecule has 0 fully saturated rings. The van der Waals surface area contributed by atoms with E-state index in [4.69, 9.17) is 11.5 Å². The zero-order valence-corrected chi connectivity index (χ0v) is 9.45. The molecular formula is C11H18N2O4. The lowest BCUT2D eigenvalue weighted by molar-refractivity contribution is -0.114. The van der Waals surface area contributed by atoms with Crippen LogP contribution in [0.1, 0.15) is 19.3 Å². The molecule has 2 amide bonds. The first-order valence-electron chi connectivity index (χ1n) is 5.23. The van der Waals surface area contributed by atoms with Gasteiger partial charge in [0.15, 0.2) is 0 Å². The maximum atomic E-state index is 10.4. The van der Waals surface area contributed by atoms with Crippen molar-refractivity contribution in [3.63, 3.8) is 0 Å². The van der Waals surface area contributed by atoms with Crippen LogP contribution < -0.4 is 11.5 Å². The van der Waals surface area contributed by atoms with Gasteiger partial charge in [0.1, 0.15) is 0 Å². The molecule has 6 nitrogen and oxygen atoms in total. The summed E-state index contributed by atoms with van der Waals surface area (Å²) in [5, 5.41) is 18.7. The van der Waals surface area contributed by atoms with Crippen LogP contribution in [0.15, 0.2) is 24.3 Å². The van der Waals surface area contributed by atoms with Gasteiger partial charge in [-0.25, -0.2) is 0 Å². The normalized spacial score (nSPS) is 15.2. The van der Waals surface area contributed by atoms with Crippen LogP contribution in [0.3, 0.4) is 0 Å². The van der Waals surface area contributed by atoms with Gasteiger partial charge in [-0.3, -0.25) is 9.59 Å². The lowest BCUT2D eigenvalue weighted by Gasteiger charge is -2.07. The topological polar surface area (TPSA) is 127 Å². The van der Waals surface area contributed by atoms with Crippen LogP contribution in [0.25, 0.3) is 0 Å². The predicted octanol–water partition coefficient (Wildman–Crippen LogP) is -1.04. The van der Waals surface area contributed by atoms with Crippen molar-refractivity contribution < 1.29 is 19.8 Å². The highest BCUT2D eigenvalue weighted by atomic mass is 16.3. The third-order valence-electron chi connectivity index (χ3n) is 1.97. The van der Waals surface area contributed by atoms with E-state index >= 15 is 0 Å². The highest BCUT2D eigenvalue weighted by molar-refractivity contribution is 5.86. The Morgan fingerprint density at radius 2 is 1.29 bits per heavy atom. The van der Waals surface area contributed by atoms with E-state index in [0.29, 0.717) is 19.3 Å². The maximum Gasteiger partial charge on any atom is 0.241 e. The van der Waals surface area contributed by atoms with Crippen molar-refractivity contribution in [3.8, 4) is 0 Å². The average Bonchev–Trinajstić information content (AvgIpc) is 2.23. The monoisotopic (exact) mass is 242 g/mol. The Labute approximate surface area is 99.6 Å². The highest BCUT2D eigenvalue weighted by Gasteiger charge is 2.03. The Morgan fingerprint density at radius 1 is 0.941 bits per heavy atom. The largest absolute Gasteiger partial charge is 0.389 e. The SMILES string of the molecule is NC(=O)/C=C\C(O)CCCC(O)/C=C\C(N)=O. The van der Waals surface area contributed by atoms with Crippen LogP contribution in [0, 0.1) is 0 Å². The zero-order valence-electron chi connectivity index (χ0n) is 9.45. The van der Waals surface area contributed by atoms with Crippen LogP contribution in [-0.4, -0.2) is 34.2 Å². The predicted molar refractivity (Wildman–Crippen MR) is 62.5 cm³/mol. The number of nitrogens with two attached hydrogens (primary N) is 2. The molecule has 17 heavy (non-hydrogen) atoms. The van der Waals surface area contributed by atoms with Crippen LogP contribution in [0.5, 0.6) is 0 Å². The second-order valence-corrected chi connectivity index (χ2v) is 3.59. The van der Waals surface area contributed by atoms with Crippen LogP contribution in [-0.2, 0) is 9.59 Å². The minimum absolute atomic E-state index is 0.394. The third-order valence-corrected chi connectivity index (χ3v) is 1.97. The van der Waals surface area contributed by atoms with Crippen molar-refractivity contribution in [2.24, 2.45) is 11.5 Å².